The minimum absolute atomic E-state index is 0.196. The van der Waals surface area contributed by atoms with Crippen LogP contribution in [0.15, 0.2) is 47.6 Å². The topological polar surface area (TPSA) is 12.0 Å². The van der Waals surface area contributed by atoms with Crippen molar-refractivity contribution in [3.05, 3.63) is 47.6 Å². The van der Waals surface area contributed by atoms with Crippen LogP contribution in [-0.2, 0) is 0 Å². The van der Waals surface area contributed by atoms with Crippen molar-refractivity contribution >= 4 is 0 Å². The van der Waals surface area contributed by atoms with E-state index < -0.39 is 0 Å². The van der Waals surface area contributed by atoms with Crippen LogP contribution in [-0.4, -0.2) is 12.6 Å². The third-order valence-electron chi connectivity index (χ3n) is 4.42. The summed E-state index contributed by atoms with van der Waals surface area (Å²) in [6, 6.07) is 0.507. The lowest BCUT2D eigenvalue weighted by Gasteiger charge is -2.41. The molecule has 1 atom stereocenters. The minimum atomic E-state index is 0.196. The molecule has 1 N–H and O–H groups in total. The molecular weight excluding hydrogens is 242 g/mol. The van der Waals surface area contributed by atoms with Crippen molar-refractivity contribution in [2.75, 3.05) is 6.54 Å². The Morgan fingerprint density at radius 1 is 1.35 bits per heavy atom. The van der Waals surface area contributed by atoms with Crippen LogP contribution >= 0.6 is 0 Å². The summed E-state index contributed by atoms with van der Waals surface area (Å²) in [5, 5.41) is 3.67. The van der Waals surface area contributed by atoms with Gasteiger partial charge in [-0.25, -0.2) is 0 Å². The lowest BCUT2D eigenvalue weighted by Crippen LogP contribution is -2.48. The largest absolute Gasteiger partial charge is 0.312 e. The van der Waals surface area contributed by atoms with E-state index in [9.17, 15) is 0 Å². The van der Waals surface area contributed by atoms with Gasteiger partial charge in [0.05, 0.1) is 0 Å². The summed E-state index contributed by atoms with van der Waals surface area (Å²) in [4.78, 5) is 0. The highest BCUT2D eigenvalue weighted by Gasteiger charge is 2.34. The summed E-state index contributed by atoms with van der Waals surface area (Å²) in [6.07, 6.45) is 12.3. The molecule has 112 valence electrons. The van der Waals surface area contributed by atoms with E-state index in [1.807, 2.05) is 13.8 Å². The zero-order valence-electron chi connectivity index (χ0n) is 13.9. The number of nitrogens with one attached hydrogen (secondary N) is 1. The maximum Gasteiger partial charge on any atom is 0.0196 e. The molecule has 0 radical (unpaired) electrons. The maximum absolute atomic E-state index is 4.25. The molecule has 0 aromatic carbocycles. The van der Waals surface area contributed by atoms with Crippen LogP contribution in [0.4, 0.5) is 0 Å². The van der Waals surface area contributed by atoms with E-state index in [4.69, 9.17) is 0 Å². The molecule has 0 aromatic rings. The van der Waals surface area contributed by atoms with E-state index in [2.05, 4.69) is 57.0 Å². The summed E-state index contributed by atoms with van der Waals surface area (Å²) in [5.74, 6) is 0. The Balaban J connectivity index is 0.000000956. The van der Waals surface area contributed by atoms with Crippen LogP contribution in [0.2, 0.25) is 0 Å². The van der Waals surface area contributed by atoms with Gasteiger partial charge in [0, 0.05) is 11.5 Å². The number of piperidine rings is 1. The Labute approximate surface area is 125 Å². The summed E-state index contributed by atoms with van der Waals surface area (Å²) in [7, 11) is 0. The lowest BCUT2D eigenvalue weighted by atomic mass is 9.72. The first-order chi connectivity index (χ1) is 9.50. The fourth-order valence-electron chi connectivity index (χ4n) is 2.70. The highest BCUT2D eigenvalue weighted by molar-refractivity contribution is 5.31. The Kier molecular flexibility index (Phi) is 6.48. The average molecular weight is 273 g/mol. The molecule has 1 nitrogen and oxygen atoms in total. The smallest absolute Gasteiger partial charge is 0.0196 e. The second kappa shape index (κ2) is 7.64. The molecule has 1 heteroatoms. The third-order valence-corrected chi connectivity index (χ3v) is 4.42. The van der Waals surface area contributed by atoms with Crippen LogP contribution in [0.3, 0.4) is 0 Å². The summed E-state index contributed by atoms with van der Waals surface area (Å²) in [5.41, 5.74) is 4.46. The highest BCUT2D eigenvalue weighted by Crippen LogP contribution is 2.37. The molecule has 1 saturated heterocycles. The van der Waals surface area contributed by atoms with E-state index in [0.717, 1.165) is 25.8 Å². The van der Waals surface area contributed by atoms with Crippen molar-refractivity contribution < 1.29 is 0 Å². The number of allylic oxidation sites excluding steroid dienone is 5. The lowest BCUT2D eigenvalue weighted by molar-refractivity contribution is 0.252. The predicted octanol–water partition coefficient (Wildman–Crippen LogP) is 5.18. The predicted molar refractivity (Wildman–Crippen MR) is 90.9 cm³/mol. The Bertz CT molecular complexity index is 421. The molecule has 0 spiro atoms. The molecule has 0 aromatic heterocycles. The highest BCUT2D eigenvalue weighted by atomic mass is 14.9. The molecular formula is C19H31N. The Morgan fingerprint density at radius 2 is 2.05 bits per heavy atom. The van der Waals surface area contributed by atoms with Crippen LogP contribution < -0.4 is 5.32 Å². The molecule has 0 bridgehead atoms. The normalized spacial score (nSPS) is 25.1. The van der Waals surface area contributed by atoms with Crippen molar-refractivity contribution in [2.24, 2.45) is 5.41 Å². The fraction of sp³-hybridized carbons (Fsp3) is 0.579. The molecule has 2 rings (SSSR count). The van der Waals surface area contributed by atoms with E-state index in [0.29, 0.717) is 6.04 Å². The van der Waals surface area contributed by atoms with Gasteiger partial charge in [0.25, 0.3) is 0 Å². The Morgan fingerprint density at radius 3 is 2.75 bits per heavy atom. The van der Waals surface area contributed by atoms with Gasteiger partial charge in [-0.1, -0.05) is 75.3 Å². The van der Waals surface area contributed by atoms with E-state index in [1.54, 1.807) is 0 Å². The number of rotatable bonds is 2. The molecule has 20 heavy (non-hydrogen) atoms. The molecule has 0 saturated carbocycles. The standard InChI is InChI=1S/C17H25N.C2H6/c1-13-6-5-7-15(9-8-13)12-16-17(3,4)14(2)10-11-18-16;1-2/h5-7,9,16,18H,2,8,10-12H2,1,3-4H3;1-2H3/t16-;/m1./s1. The third kappa shape index (κ3) is 4.21. The summed E-state index contributed by atoms with van der Waals surface area (Å²) >= 11 is 0. The minimum Gasteiger partial charge on any atom is -0.312 e. The zero-order valence-corrected chi connectivity index (χ0v) is 13.9. The van der Waals surface area contributed by atoms with E-state index >= 15 is 0 Å². The first-order valence-corrected chi connectivity index (χ1v) is 7.94. The van der Waals surface area contributed by atoms with Crippen LogP contribution in [0, 0.1) is 5.41 Å². The van der Waals surface area contributed by atoms with Gasteiger partial charge >= 0.3 is 0 Å². The van der Waals surface area contributed by atoms with Gasteiger partial charge in [-0.15, -0.1) is 0 Å². The van der Waals surface area contributed by atoms with Crippen molar-refractivity contribution in [3.63, 3.8) is 0 Å². The van der Waals surface area contributed by atoms with E-state index in [-0.39, 0.29) is 5.41 Å². The number of hydrogen-bond donors (Lipinski definition) is 1. The molecule has 1 aliphatic heterocycles. The second-order valence-electron chi connectivity index (χ2n) is 6.14. The van der Waals surface area contributed by atoms with Crippen molar-refractivity contribution in [1.82, 2.24) is 5.32 Å². The van der Waals surface area contributed by atoms with Crippen LogP contribution in [0.1, 0.15) is 53.9 Å². The first kappa shape index (κ1) is 17.0. The van der Waals surface area contributed by atoms with Crippen LogP contribution in [0.5, 0.6) is 0 Å². The molecule has 0 amide bonds. The quantitative estimate of drug-likeness (QED) is 0.684. The van der Waals surface area contributed by atoms with Crippen molar-refractivity contribution in [3.8, 4) is 0 Å². The second-order valence-corrected chi connectivity index (χ2v) is 6.14. The average Bonchev–Trinajstić information content (AvgIpc) is 2.63. The van der Waals surface area contributed by atoms with Gasteiger partial charge in [0.1, 0.15) is 0 Å². The van der Waals surface area contributed by atoms with Gasteiger partial charge in [-0.3, -0.25) is 0 Å². The van der Waals surface area contributed by atoms with E-state index in [1.165, 1.54) is 16.7 Å². The summed E-state index contributed by atoms with van der Waals surface area (Å²) < 4.78 is 0. The monoisotopic (exact) mass is 273 g/mol. The maximum atomic E-state index is 4.25. The van der Waals surface area contributed by atoms with Gasteiger partial charge < -0.3 is 5.32 Å². The van der Waals surface area contributed by atoms with Crippen LogP contribution in [0.25, 0.3) is 0 Å². The van der Waals surface area contributed by atoms with Gasteiger partial charge in [0.2, 0.25) is 0 Å². The molecule has 0 unspecified atom stereocenters. The van der Waals surface area contributed by atoms with Gasteiger partial charge in [-0.2, -0.15) is 0 Å². The Hall–Kier alpha value is -1.08. The van der Waals surface area contributed by atoms with Crippen molar-refractivity contribution in [1.29, 1.82) is 0 Å². The molecule has 1 heterocycles. The first-order valence-electron chi connectivity index (χ1n) is 7.94. The zero-order chi connectivity index (χ0) is 15.2. The molecule has 1 fully saturated rings. The molecule has 1 aliphatic carbocycles. The SMILES string of the molecule is C=C1CCN[C@H](CC2=CCC(C)=CC=C2)C1(C)C.CC. The van der Waals surface area contributed by atoms with Gasteiger partial charge in [-0.05, 0) is 32.7 Å². The number of hydrogen-bond acceptors (Lipinski definition) is 1. The van der Waals surface area contributed by atoms with Gasteiger partial charge in [0.15, 0.2) is 0 Å². The molecule has 2 aliphatic rings. The summed E-state index contributed by atoms with van der Waals surface area (Å²) in [6.45, 7) is 16.1. The fourth-order valence-corrected chi connectivity index (χ4v) is 2.70. The van der Waals surface area contributed by atoms with Crippen molar-refractivity contribution in [2.45, 2.75) is 59.9 Å².